The van der Waals surface area contributed by atoms with Gasteiger partial charge in [-0.3, -0.25) is 9.59 Å². The smallest absolute Gasteiger partial charge is 0.246 e. The predicted octanol–water partition coefficient (Wildman–Crippen LogP) is 2.66. The Labute approximate surface area is 140 Å². The number of halogens is 1. The molecule has 0 aromatic heterocycles. The normalized spacial score (nSPS) is 10.6. The van der Waals surface area contributed by atoms with Crippen LogP contribution in [0.3, 0.4) is 0 Å². The second kappa shape index (κ2) is 8.62. The molecule has 0 aliphatic carbocycles. The fourth-order valence-corrected chi connectivity index (χ4v) is 2.06. The van der Waals surface area contributed by atoms with Gasteiger partial charge in [-0.15, -0.1) is 0 Å². The molecule has 0 aliphatic heterocycles. The molecule has 1 N–H and O–H groups in total. The number of nitrogens with one attached hydrogen (secondary N) is 1. The number of carbonyl (C=O) groups is 2. The monoisotopic (exact) mass is 326 g/mol. The Morgan fingerprint density at radius 2 is 1.67 bits per heavy atom. The second-order valence-electron chi connectivity index (χ2n) is 5.36. The summed E-state index contributed by atoms with van der Waals surface area (Å²) in [6.07, 6.45) is 2.44. The van der Waals surface area contributed by atoms with Crippen molar-refractivity contribution in [2.75, 3.05) is 7.05 Å². The van der Waals surface area contributed by atoms with E-state index in [-0.39, 0.29) is 24.2 Å². The van der Waals surface area contributed by atoms with E-state index in [1.165, 1.54) is 29.2 Å². The van der Waals surface area contributed by atoms with Crippen molar-refractivity contribution in [3.05, 3.63) is 83.7 Å². The summed E-state index contributed by atoms with van der Waals surface area (Å²) in [6.45, 7) is 0.749. The van der Waals surface area contributed by atoms with Crippen molar-refractivity contribution >= 4 is 11.8 Å². The molecule has 0 spiro atoms. The maximum atomic E-state index is 12.8. The fraction of sp³-hybridized carbons (Fsp3) is 0.158. The van der Waals surface area contributed by atoms with E-state index < -0.39 is 0 Å². The zero-order valence-electron chi connectivity index (χ0n) is 13.4. The van der Waals surface area contributed by atoms with Crippen molar-refractivity contribution < 1.29 is 14.0 Å². The number of carbonyl (C=O) groups excluding carboxylic acids is 2. The van der Waals surface area contributed by atoms with Crippen LogP contribution in [0.4, 0.5) is 4.39 Å². The van der Waals surface area contributed by atoms with Gasteiger partial charge in [0.1, 0.15) is 5.82 Å². The first kappa shape index (κ1) is 17.4. The summed E-state index contributed by atoms with van der Waals surface area (Å²) in [4.78, 5) is 25.2. The van der Waals surface area contributed by atoms with Gasteiger partial charge in [-0.25, -0.2) is 4.39 Å². The largest absolute Gasteiger partial charge is 0.348 e. The highest BCUT2D eigenvalue weighted by Gasteiger charge is 2.06. The number of hydrogen-bond donors (Lipinski definition) is 1. The molecule has 2 aromatic rings. The lowest BCUT2D eigenvalue weighted by molar-refractivity contribution is -0.125. The van der Waals surface area contributed by atoms with Crippen LogP contribution in [0.5, 0.6) is 0 Å². The third kappa shape index (κ3) is 5.68. The first-order valence-corrected chi connectivity index (χ1v) is 7.54. The zero-order chi connectivity index (χ0) is 17.4. The van der Waals surface area contributed by atoms with Crippen molar-refractivity contribution in [3.63, 3.8) is 0 Å². The molecular weight excluding hydrogens is 307 g/mol. The van der Waals surface area contributed by atoms with Crippen molar-refractivity contribution in [1.82, 2.24) is 10.2 Å². The van der Waals surface area contributed by atoms with Gasteiger partial charge in [-0.05, 0) is 23.3 Å². The van der Waals surface area contributed by atoms with Crippen LogP contribution in [0.25, 0.3) is 0 Å². The third-order valence-corrected chi connectivity index (χ3v) is 3.40. The van der Waals surface area contributed by atoms with E-state index in [4.69, 9.17) is 0 Å². The molecule has 0 aliphatic rings. The minimum Gasteiger partial charge on any atom is -0.348 e. The maximum Gasteiger partial charge on any atom is 0.246 e. The number of rotatable bonds is 6. The molecule has 124 valence electrons. The summed E-state index contributed by atoms with van der Waals surface area (Å²) in [5, 5.41) is 2.64. The summed E-state index contributed by atoms with van der Waals surface area (Å²) < 4.78 is 12.8. The molecule has 0 radical (unpaired) electrons. The number of benzene rings is 2. The Balaban J connectivity index is 1.79. The standard InChI is InChI=1S/C19H19FN2O2/c1-22(14-16-5-3-2-4-6-16)19(24)12-11-18(23)21-13-15-7-9-17(20)10-8-15/h2-12H,13-14H2,1H3,(H,21,23). The topological polar surface area (TPSA) is 49.4 Å². The summed E-state index contributed by atoms with van der Waals surface area (Å²) in [6, 6.07) is 15.5. The minimum atomic E-state index is -0.374. The predicted molar refractivity (Wildman–Crippen MR) is 90.3 cm³/mol. The molecule has 0 bridgehead atoms. The molecule has 24 heavy (non-hydrogen) atoms. The van der Waals surface area contributed by atoms with Gasteiger partial charge < -0.3 is 10.2 Å². The van der Waals surface area contributed by atoms with Crippen molar-refractivity contribution in [2.24, 2.45) is 0 Å². The Morgan fingerprint density at radius 3 is 2.33 bits per heavy atom. The molecule has 0 saturated carbocycles. The highest BCUT2D eigenvalue weighted by atomic mass is 19.1. The lowest BCUT2D eigenvalue weighted by atomic mass is 10.2. The fourth-order valence-electron chi connectivity index (χ4n) is 2.06. The number of likely N-dealkylation sites (N-methyl/N-ethyl adjacent to an activating group) is 1. The molecule has 0 saturated heterocycles. The molecule has 2 rings (SSSR count). The molecule has 0 unspecified atom stereocenters. The number of nitrogens with zero attached hydrogens (tertiary/aromatic N) is 1. The van der Waals surface area contributed by atoms with Crippen LogP contribution in [-0.4, -0.2) is 23.8 Å². The molecular formula is C19H19FN2O2. The van der Waals surface area contributed by atoms with Crippen molar-refractivity contribution in [2.45, 2.75) is 13.1 Å². The summed E-state index contributed by atoms with van der Waals surface area (Å²) in [5.74, 6) is -0.950. The van der Waals surface area contributed by atoms with Crippen LogP contribution in [0, 0.1) is 5.82 Å². The van der Waals surface area contributed by atoms with Gasteiger partial charge in [-0.1, -0.05) is 42.5 Å². The van der Waals surface area contributed by atoms with Crippen LogP contribution in [0.2, 0.25) is 0 Å². The number of hydrogen-bond acceptors (Lipinski definition) is 2. The molecule has 4 nitrogen and oxygen atoms in total. The van der Waals surface area contributed by atoms with Crippen molar-refractivity contribution in [1.29, 1.82) is 0 Å². The van der Waals surface area contributed by atoms with E-state index in [1.807, 2.05) is 30.3 Å². The van der Waals surface area contributed by atoms with E-state index in [0.717, 1.165) is 11.1 Å². The Hall–Kier alpha value is -2.95. The van der Waals surface area contributed by atoms with Crippen LogP contribution in [0.1, 0.15) is 11.1 Å². The SMILES string of the molecule is CN(Cc1ccccc1)C(=O)C=CC(=O)NCc1ccc(F)cc1. The first-order chi connectivity index (χ1) is 11.5. The summed E-state index contributed by atoms with van der Waals surface area (Å²) in [7, 11) is 1.68. The molecule has 5 heteroatoms. The highest BCUT2D eigenvalue weighted by Crippen LogP contribution is 2.04. The minimum absolute atomic E-state index is 0.254. The van der Waals surface area contributed by atoms with Gasteiger partial charge in [0.25, 0.3) is 0 Å². The third-order valence-electron chi connectivity index (χ3n) is 3.40. The van der Waals surface area contributed by atoms with Gasteiger partial charge >= 0.3 is 0 Å². The van der Waals surface area contributed by atoms with Crippen LogP contribution >= 0.6 is 0 Å². The van der Waals surface area contributed by atoms with E-state index in [0.29, 0.717) is 6.54 Å². The van der Waals surface area contributed by atoms with Crippen LogP contribution < -0.4 is 5.32 Å². The van der Waals surface area contributed by atoms with E-state index >= 15 is 0 Å². The van der Waals surface area contributed by atoms with Gasteiger partial charge in [0.2, 0.25) is 11.8 Å². The lowest BCUT2D eigenvalue weighted by Crippen LogP contribution is -2.25. The van der Waals surface area contributed by atoms with Crippen LogP contribution in [0.15, 0.2) is 66.7 Å². The Kier molecular flexibility index (Phi) is 6.25. The maximum absolute atomic E-state index is 12.8. The number of amides is 2. The second-order valence-corrected chi connectivity index (χ2v) is 5.36. The first-order valence-electron chi connectivity index (χ1n) is 7.54. The van der Waals surface area contributed by atoms with Gasteiger partial charge in [0, 0.05) is 32.3 Å². The van der Waals surface area contributed by atoms with E-state index in [1.54, 1.807) is 19.2 Å². The lowest BCUT2D eigenvalue weighted by Gasteiger charge is -2.14. The van der Waals surface area contributed by atoms with E-state index in [9.17, 15) is 14.0 Å². The zero-order valence-corrected chi connectivity index (χ0v) is 13.4. The Morgan fingerprint density at radius 1 is 1.00 bits per heavy atom. The van der Waals surface area contributed by atoms with Gasteiger partial charge in [0.05, 0.1) is 0 Å². The molecule has 0 atom stereocenters. The quantitative estimate of drug-likeness (QED) is 0.830. The molecule has 2 aromatic carbocycles. The average Bonchev–Trinajstić information content (AvgIpc) is 2.60. The summed E-state index contributed by atoms with van der Waals surface area (Å²) in [5.41, 5.74) is 1.80. The Bertz CT molecular complexity index is 712. The summed E-state index contributed by atoms with van der Waals surface area (Å²) >= 11 is 0. The van der Waals surface area contributed by atoms with Gasteiger partial charge in [0.15, 0.2) is 0 Å². The average molecular weight is 326 g/mol. The van der Waals surface area contributed by atoms with Crippen LogP contribution in [-0.2, 0) is 22.7 Å². The molecule has 0 fully saturated rings. The van der Waals surface area contributed by atoms with E-state index in [2.05, 4.69) is 5.32 Å². The van der Waals surface area contributed by atoms with Gasteiger partial charge in [-0.2, -0.15) is 0 Å². The van der Waals surface area contributed by atoms with Crippen molar-refractivity contribution in [3.8, 4) is 0 Å². The highest BCUT2D eigenvalue weighted by molar-refractivity contribution is 5.96. The molecule has 0 heterocycles. The molecule has 2 amide bonds.